The highest BCUT2D eigenvalue weighted by atomic mass is 16.2. The molecule has 0 saturated carbocycles. The summed E-state index contributed by atoms with van der Waals surface area (Å²) in [5.41, 5.74) is 5.75. The number of carbonyl (C=O) groups excluding carboxylic acids is 2. The third-order valence-electron chi connectivity index (χ3n) is 6.36. The summed E-state index contributed by atoms with van der Waals surface area (Å²) in [4.78, 5) is 25.8. The molecule has 0 aliphatic rings. The predicted molar refractivity (Wildman–Crippen MR) is 146 cm³/mol. The van der Waals surface area contributed by atoms with Gasteiger partial charge in [-0.2, -0.15) is 0 Å². The van der Waals surface area contributed by atoms with Gasteiger partial charge in [0.25, 0.3) is 5.91 Å². The van der Waals surface area contributed by atoms with Gasteiger partial charge in [-0.25, -0.2) is 0 Å². The predicted octanol–water partition coefficient (Wildman–Crippen LogP) is 6.14. The van der Waals surface area contributed by atoms with Crippen LogP contribution in [0.25, 0.3) is 11.1 Å². The standard InChI is InChI=1S/C32H32N2O2/c1-24(26-14-6-3-7-15-26)22-31(35)34-23-27-16-8-9-17-28(27)29-18-10-11-19-30(29)32(36)33-21-20-25-12-4-2-5-13-25/h2-19,24H,20-23H2,1H3,(H,33,36)(H,34,35)/t24-/m1/s1. The minimum absolute atomic E-state index is 0.00750. The lowest BCUT2D eigenvalue weighted by Crippen LogP contribution is -2.26. The molecule has 4 aromatic rings. The van der Waals surface area contributed by atoms with Crippen LogP contribution < -0.4 is 10.6 Å². The molecule has 0 unspecified atom stereocenters. The fourth-order valence-corrected chi connectivity index (χ4v) is 4.36. The lowest BCUT2D eigenvalue weighted by atomic mass is 9.94. The minimum Gasteiger partial charge on any atom is -0.352 e. The van der Waals surface area contributed by atoms with E-state index in [1.54, 1.807) is 0 Å². The second kappa shape index (κ2) is 12.5. The van der Waals surface area contributed by atoms with E-state index in [1.807, 2.05) is 84.9 Å². The van der Waals surface area contributed by atoms with E-state index in [2.05, 4.69) is 41.8 Å². The Hall–Kier alpha value is -4.18. The third-order valence-corrected chi connectivity index (χ3v) is 6.36. The first kappa shape index (κ1) is 24.9. The number of hydrogen-bond donors (Lipinski definition) is 2. The first-order valence-corrected chi connectivity index (χ1v) is 12.4. The van der Waals surface area contributed by atoms with Crippen molar-refractivity contribution in [3.63, 3.8) is 0 Å². The van der Waals surface area contributed by atoms with Crippen molar-refractivity contribution < 1.29 is 9.59 Å². The maximum Gasteiger partial charge on any atom is 0.251 e. The van der Waals surface area contributed by atoms with Crippen LogP contribution in [0, 0.1) is 0 Å². The molecule has 36 heavy (non-hydrogen) atoms. The van der Waals surface area contributed by atoms with E-state index in [9.17, 15) is 9.59 Å². The van der Waals surface area contributed by atoms with Crippen molar-refractivity contribution in [2.75, 3.05) is 6.54 Å². The molecule has 182 valence electrons. The van der Waals surface area contributed by atoms with Crippen molar-refractivity contribution in [1.82, 2.24) is 10.6 Å². The van der Waals surface area contributed by atoms with E-state index >= 15 is 0 Å². The Morgan fingerprint density at radius 2 is 1.31 bits per heavy atom. The molecule has 2 amide bonds. The molecule has 0 aliphatic heterocycles. The topological polar surface area (TPSA) is 58.2 Å². The fourth-order valence-electron chi connectivity index (χ4n) is 4.36. The summed E-state index contributed by atoms with van der Waals surface area (Å²) < 4.78 is 0. The summed E-state index contributed by atoms with van der Waals surface area (Å²) in [6.07, 6.45) is 1.20. The summed E-state index contributed by atoms with van der Waals surface area (Å²) >= 11 is 0. The van der Waals surface area contributed by atoms with Gasteiger partial charge in [-0.05, 0) is 46.2 Å². The molecule has 0 saturated heterocycles. The Morgan fingerprint density at radius 1 is 0.694 bits per heavy atom. The second-order valence-corrected chi connectivity index (χ2v) is 8.99. The van der Waals surface area contributed by atoms with E-state index < -0.39 is 0 Å². The monoisotopic (exact) mass is 476 g/mol. The molecule has 1 atom stereocenters. The maximum absolute atomic E-state index is 13.1. The number of nitrogens with one attached hydrogen (secondary N) is 2. The van der Waals surface area contributed by atoms with E-state index in [-0.39, 0.29) is 17.7 Å². The van der Waals surface area contributed by atoms with Crippen molar-refractivity contribution in [2.45, 2.75) is 32.2 Å². The van der Waals surface area contributed by atoms with Crippen LogP contribution in [0.5, 0.6) is 0 Å². The SMILES string of the molecule is C[C@H](CC(=O)NCc1ccccc1-c1ccccc1C(=O)NCCc1ccccc1)c1ccccc1. The number of hydrogen-bond acceptors (Lipinski definition) is 2. The first-order valence-electron chi connectivity index (χ1n) is 12.4. The van der Waals surface area contributed by atoms with E-state index in [0.717, 1.165) is 28.7 Å². The summed E-state index contributed by atoms with van der Waals surface area (Å²) in [5.74, 6) is 0.0481. The van der Waals surface area contributed by atoms with Crippen LogP contribution in [-0.4, -0.2) is 18.4 Å². The number of carbonyl (C=O) groups is 2. The average Bonchev–Trinajstić information content (AvgIpc) is 2.93. The molecule has 4 rings (SSSR count). The molecule has 0 aliphatic carbocycles. The van der Waals surface area contributed by atoms with Crippen molar-refractivity contribution in [3.8, 4) is 11.1 Å². The number of amides is 2. The number of rotatable bonds is 10. The summed E-state index contributed by atoms with van der Waals surface area (Å²) in [6, 6.07) is 35.7. The molecule has 2 N–H and O–H groups in total. The van der Waals surface area contributed by atoms with Crippen LogP contribution in [-0.2, 0) is 17.8 Å². The Morgan fingerprint density at radius 3 is 2.06 bits per heavy atom. The molecule has 4 aromatic carbocycles. The molecule has 0 heterocycles. The van der Waals surface area contributed by atoms with Gasteiger partial charge in [-0.1, -0.05) is 110 Å². The van der Waals surface area contributed by atoms with Crippen molar-refractivity contribution in [1.29, 1.82) is 0 Å². The van der Waals surface area contributed by atoms with Gasteiger partial charge in [0.2, 0.25) is 5.91 Å². The maximum atomic E-state index is 13.1. The Balaban J connectivity index is 1.42. The zero-order chi connectivity index (χ0) is 25.2. The molecular weight excluding hydrogens is 444 g/mol. The van der Waals surface area contributed by atoms with E-state index in [1.165, 1.54) is 5.56 Å². The van der Waals surface area contributed by atoms with Crippen molar-refractivity contribution in [2.24, 2.45) is 0 Å². The van der Waals surface area contributed by atoms with Crippen molar-refractivity contribution in [3.05, 3.63) is 131 Å². The van der Waals surface area contributed by atoms with Gasteiger partial charge in [0.15, 0.2) is 0 Å². The van der Waals surface area contributed by atoms with Gasteiger partial charge in [0.1, 0.15) is 0 Å². The highest BCUT2D eigenvalue weighted by Crippen LogP contribution is 2.27. The lowest BCUT2D eigenvalue weighted by molar-refractivity contribution is -0.121. The smallest absolute Gasteiger partial charge is 0.251 e. The largest absolute Gasteiger partial charge is 0.352 e. The van der Waals surface area contributed by atoms with E-state index in [0.29, 0.717) is 25.1 Å². The molecule has 4 nitrogen and oxygen atoms in total. The van der Waals surface area contributed by atoms with Crippen LogP contribution in [0.4, 0.5) is 0 Å². The highest BCUT2D eigenvalue weighted by molar-refractivity contribution is 6.01. The molecular formula is C32H32N2O2. The first-order chi connectivity index (χ1) is 17.6. The molecule has 0 bridgehead atoms. The van der Waals surface area contributed by atoms with Crippen LogP contribution in [0.15, 0.2) is 109 Å². The Bertz CT molecular complexity index is 1290. The zero-order valence-electron chi connectivity index (χ0n) is 20.6. The van der Waals surface area contributed by atoms with Crippen LogP contribution >= 0.6 is 0 Å². The van der Waals surface area contributed by atoms with Crippen LogP contribution in [0.3, 0.4) is 0 Å². The number of benzene rings is 4. The van der Waals surface area contributed by atoms with Gasteiger partial charge >= 0.3 is 0 Å². The summed E-state index contributed by atoms with van der Waals surface area (Å²) in [6.45, 7) is 3.03. The normalized spacial score (nSPS) is 11.5. The summed E-state index contributed by atoms with van der Waals surface area (Å²) in [5, 5.41) is 6.13. The Labute approximate surface area is 213 Å². The van der Waals surface area contributed by atoms with Crippen molar-refractivity contribution >= 4 is 11.8 Å². The average molecular weight is 477 g/mol. The van der Waals surface area contributed by atoms with Gasteiger partial charge in [0.05, 0.1) is 0 Å². The lowest BCUT2D eigenvalue weighted by Gasteiger charge is -2.16. The van der Waals surface area contributed by atoms with Gasteiger partial charge in [-0.3, -0.25) is 9.59 Å². The Kier molecular flexibility index (Phi) is 8.66. The third kappa shape index (κ3) is 6.70. The highest BCUT2D eigenvalue weighted by Gasteiger charge is 2.16. The molecule has 0 aromatic heterocycles. The molecule has 0 fully saturated rings. The van der Waals surface area contributed by atoms with Gasteiger partial charge in [0, 0.05) is 25.1 Å². The van der Waals surface area contributed by atoms with Crippen LogP contribution in [0.2, 0.25) is 0 Å². The van der Waals surface area contributed by atoms with Crippen LogP contribution in [0.1, 0.15) is 46.3 Å². The minimum atomic E-state index is -0.0999. The molecule has 0 radical (unpaired) electrons. The van der Waals surface area contributed by atoms with Gasteiger partial charge in [-0.15, -0.1) is 0 Å². The van der Waals surface area contributed by atoms with Gasteiger partial charge < -0.3 is 10.6 Å². The zero-order valence-corrected chi connectivity index (χ0v) is 20.6. The fraction of sp³-hybridized carbons (Fsp3) is 0.188. The summed E-state index contributed by atoms with van der Waals surface area (Å²) in [7, 11) is 0. The van der Waals surface area contributed by atoms with E-state index in [4.69, 9.17) is 0 Å². The molecule has 0 spiro atoms. The second-order valence-electron chi connectivity index (χ2n) is 8.99. The quantitative estimate of drug-likeness (QED) is 0.289. The molecule has 4 heteroatoms.